The van der Waals surface area contributed by atoms with E-state index in [1.165, 1.54) is 0 Å². The van der Waals surface area contributed by atoms with Crippen molar-refractivity contribution in [1.82, 2.24) is 10.2 Å². The lowest BCUT2D eigenvalue weighted by molar-refractivity contribution is 0.178. The van der Waals surface area contributed by atoms with Crippen LogP contribution in [0.1, 0.15) is 12.7 Å². The number of hydrogen-bond acceptors (Lipinski definition) is 3. The summed E-state index contributed by atoms with van der Waals surface area (Å²) in [6.45, 7) is 6.81. The van der Waals surface area contributed by atoms with Crippen LogP contribution in [0.2, 0.25) is 0 Å². The first-order chi connectivity index (χ1) is 6.86. The van der Waals surface area contributed by atoms with Crippen molar-refractivity contribution < 1.29 is 4.42 Å². The third kappa shape index (κ3) is 2.36. The van der Waals surface area contributed by atoms with Gasteiger partial charge in [0.1, 0.15) is 5.76 Å². The molecule has 3 nitrogen and oxygen atoms in total. The van der Waals surface area contributed by atoms with Crippen LogP contribution in [0.5, 0.6) is 0 Å². The molecule has 0 spiro atoms. The van der Waals surface area contributed by atoms with E-state index in [9.17, 15) is 0 Å². The first kappa shape index (κ1) is 9.74. The van der Waals surface area contributed by atoms with Gasteiger partial charge < -0.3 is 9.73 Å². The Morgan fingerprint density at radius 2 is 2.29 bits per heavy atom. The highest BCUT2D eigenvalue weighted by Crippen LogP contribution is 2.09. The highest BCUT2D eigenvalue weighted by Gasteiger charge is 2.17. The predicted molar refractivity (Wildman–Crippen MR) is 56.3 cm³/mol. The van der Waals surface area contributed by atoms with Crippen LogP contribution in [-0.2, 0) is 6.42 Å². The van der Waals surface area contributed by atoms with Crippen molar-refractivity contribution in [2.24, 2.45) is 0 Å². The molecule has 1 atom stereocenters. The monoisotopic (exact) mass is 194 g/mol. The molecule has 0 saturated carbocycles. The van der Waals surface area contributed by atoms with Crippen molar-refractivity contribution in [3.63, 3.8) is 0 Å². The second kappa shape index (κ2) is 4.62. The zero-order valence-electron chi connectivity index (χ0n) is 8.70. The maximum Gasteiger partial charge on any atom is 0.105 e. The van der Waals surface area contributed by atoms with Gasteiger partial charge in [0.25, 0.3) is 0 Å². The zero-order valence-corrected chi connectivity index (χ0v) is 8.70. The van der Waals surface area contributed by atoms with Gasteiger partial charge in [-0.25, -0.2) is 0 Å². The van der Waals surface area contributed by atoms with Crippen LogP contribution in [0.15, 0.2) is 22.8 Å². The van der Waals surface area contributed by atoms with Gasteiger partial charge in [-0.2, -0.15) is 0 Å². The summed E-state index contributed by atoms with van der Waals surface area (Å²) >= 11 is 0. The number of nitrogens with one attached hydrogen (secondary N) is 1. The molecule has 78 valence electrons. The number of piperazine rings is 1. The van der Waals surface area contributed by atoms with Crippen LogP contribution in [0.4, 0.5) is 0 Å². The number of hydrogen-bond donors (Lipinski definition) is 1. The first-order valence-electron chi connectivity index (χ1n) is 5.33. The standard InChI is InChI=1S/C11H18N2O/c1-10(9-11-3-2-8-14-11)13-6-4-12-5-7-13/h2-3,8,10,12H,4-7,9H2,1H3. The molecule has 0 aliphatic carbocycles. The topological polar surface area (TPSA) is 28.4 Å². The van der Waals surface area contributed by atoms with Crippen molar-refractivity contribution >= 4 is 0 Å². The summed E-state index contributed by atoms with van der Waals surface area (Å²) in [6.07, 6.45) is 2.77. The van der Waals surface area contributed by atoms with E-state index in [2.05, 4.69) is 23.2 Å². The van der Waals surface area contributed by atoms with E-state index < -0.39 is 0 Å². The van der Waals surface area contributed by atoms with Gasteiger partial charge in [0.2, 0.25) is 0 Å². The fourth-order valence-corrected chi connectivity index (χ4v) is 1.97. The molecular weight excluding hydrogens is 176 g/mol. The van der Waals surface area contributed by atoms with E-state index in [1.54, 1.807) is 6.26 Å². The van der Waals surface area contributed by atoms with Gasteiger partial charge in [0.05, 0.1) is 6.26 Å². The van der Waals surface area contributed by atoms with Gasteiger partial charge in [0, 0.05) is 38.6 Å². The Kier molecular flexibility index (Phi) is 3.22. The molecule has 0 radical (unpaired) electrons. The maximum atomic E-state index is 5.35. The molecule has 1 aliphatic heterocycles. The van der Waals surface area contributed by atoms with E-state index in [1.807, 2.05) is 6.07 Å². The smallest absolute Gasteiger partial charge is 0.105 e. The van der Waals surface area contributed by atoms with E-state index >= 15 is 0 Å². The fraction of sp³-hybridized carbons (Fsp3) is 0.636. The highest BCUT2D eigenvalue weighted by atomic mass is 16.3. The largest absolute Gasteiger partial charge is 0.469 e. The molecule has 2 heterocycles. The zero-order chi connectivity index (χ0) is 9.80. The maximum absolute atomic E-state index is 5.35. The minimum atomic E-state index is 0.586. The number of rotatable bonds is 3. The van der Waals surface area contributed by atoms with E-state index in [-0.39, 0.29) is 0 Å². The molecule has 1 aromatic rings. The molecule has 1 aromatic heterocycles. The average molecular weight is 194 g/mol. The summed E-state index contributed by atoms with van der Waals surface area (Å²) < 4.78 is 5.35. The predicted octanol–water partition coefficient (Wildman–Crippen LogP) is 1.12. The molecule has 2 rings (SSSR count). The fourth-order valence-electron chi connectivity index (χ4n) is 1.97. The van der Waals surface area contributed by atoms with Gasteiger partial charge in [0.15, 0.2) is 0 Å². The molecule has 0 amide bonds. The number of nitrogens with zero attached hydrogens (tertiary/aromatic N) is 1. The van der Waals surface area contributed by atoms with Gasteiger partial charge in [-0.3, -0.25) is 4.90 Å². The average Bonchev–Trinajstić information content (AvgIpc) is 2.72. The normalized spacial score (nSPS) is 20.9. The molecule has 1 saturated heterocycles. The molecule has 14 heavy (non-hydrogen) atoms. The van der Waals surface area contributed by atoms with Gasteiger partial charge >= 0.3 is 0 Å². The molecular formula is C11H18N2O. The Hall–Kier alpha value is -0.800. The van der Waals surface area contributed by atoms with Crippen LogP contribution >= 0.6 is 0 Å². The summed E-state index contributed by atoms with van der Waals surface area (Å²) in [5.74, 6) is 1.09. The Morgan fingerprint density at radius 3 is 2.93 bits per heavy atom. The molecule has 1 aliphatic rings. The molecule has 3 heteroatoms. The second-order valence-corrected chi connectivity index (χ2v) is 3.92. The summed E-state index contributed by atoms with van der Waals surface area (Å²) in [5.41, 5.74) is 0. The minimum absolute atomic E-state index is 0.586. The van der Waals surface area contributed by atoms with Crippen molar-refractivity contribution in [3.05, 3.63) is 24.2 Å². The van der Waals surface area contributed by atoms with Crippen LogP contribution in [0, 0.1) is 0 Å². The van der Waals surface area contributed by atoms with Gasteiger partial charge in [-0.15, -0.1) is 0 Å². The Labute approximate surface area is 85.1 Å². The minimum Gasteiger partial charge on any atom is -0.469 e. The Balaban J connectivity index is 1.85. The molecule has 0 aromatic carbocycles. The van der Waals surface area contributed by atoms with E-state index in [0.717, 1.165) is 38.4 Å². The lowest BCUT2D eigenvalue weighted by Crippen LogP contribution is -2.48. The Morgan fingerprint density at radius 1 is 1.50 bits per heavy atom. The lowest BCUT2D eigenvalue weighted by Gasteiger charge is -2.32. The quantitative estimate of drug-likeness (QED) is 0.781. The van der Waals surface area contributed by atoms with Crippen molar-refractivity contribution in [2.75, 3.05) is 26.2 Å². The van der Waals surface area contributed by atoms with E-state index in [0.29, 0.717) is 6.04 Å². The van der Waals surface area contributed by atoms with Gasteiger partial charge in [-0.05, 0) is 19.1 Å². The number of furan rings is 1. The summed E-state index contributed by atoms with van der Waals surface area (Å²) in [5, 5.41) is 3.36. The Bertz CT molecular complexity index is 252. The molecule has 1 fully saturated rings. The SMILES string of the molecule is CC(Cc1ccco1)N1CCNCC1. The van der Waals surface area contributed by atoms with Crippen LogP contribution in [0.3, 0.4) is 0 Å². The van der Waals surface area contributed by atoms with Crippen molar-refractivity contribution in [3.8, 4) is 0 Å². The summed E-state index contributed by atoms with van der Waals surface area (Å²) in [6, 6.07) is 4.60. The van der Waals surface area contributed by atoms with Crippen LogP contribution < -0.4 is 5.32 Å². The third-order valence-electron chi connectivity index (χ3n) is 2.85. The van der Waals surface area contributed by atoms with Crippen LogP contribution in [-0.4, -0.2) is 37.1 Å². The second-order valence-electron chi connectivity index (χ2n) is 3.92. The summed E-state index contributed by atoms with van der Waals surface area (Å²) in [7, 11) is 0. The van der Waals surface area contributed by atoms with Gasteiger partial charge in [-0.1, -0.05) is 0 Å². The lowest BCUT2D eigenvalue weighted by atomic mass is 10.1. The molecule has 1 N–H and O–H groups in total. The highest BCUT2D eigenvalue weighted by molar-refractivity contribution is 5.00. The molecule has 0 bridgehead atoms. The first-order valence-corrected chi connectivity index (χ1v) is 5.33. The van der Waals surface area contributed by atoms with Crippen LogP contribution in [0.25, 0.3) is 0 Å². The summed E-state index contributed by atoms with van der Waals surface area (Å²) in [4.78, 5) is 2.51. The van der Waals surface area contributed by atoms with Crippen molar-refractivity contribution in [2.45, 2.75) is 19.4 Å². The third-order valence-corrected chi connectivity index (χ3v) is 2.85. The molecule has 1 unspecified atom stereocenters. The van der Waals surface area contributed by atoms with Crippen molar-refractivity contribution in [1.29, 1.82) is 0 Å². The van der Waals surface area contributed by atoms with E-state index in [4.69, 9.17) is 4.42 Å².